The predicted octanol–water partition coefficient (Wildman–Crippen LogP) is 2.18. The fourth-order valence-electron chi connectivity index (χ4n) is 2.88. The normalized spacial score (nSPS) is 19.1. The van der Waals surface area contributed by atoms with E-state index in [0.717, 1.165) is 13.1 Å². The topological polar surface area (TPSA) is 61.0 Å². The Kier molecular flexibility index (Phi) is 5.81. The van der Waals surface area contributed by atoms with Gasteiger partial charge in [0.05, 0.1) is 17.4 Å². The van der Waals surface area contributed by atoms with E-state index >= 15 is 0 Å². The summed E-state index contributed by atoms with van der Waals surface area (Å²) in [5.41, 5.74) is 0.569. The first-order chi connectivity index (χ1) is 10.2. The molecular weight excluding hydrogens is 323 g/mol. The third kappa shape index (κ3) is 3.79. The summed E-state index contributed by atoms with van der Waals surface area (Å²) in [4.78, 5) is 21.9. The molecule has 7 heteroatoms. The number of H-pyrrole nitrogens is 1. The molecule has 2 N–H and O–H groups in total. The Morgan fingerprint density at radius 1 is 1.50 bits per heavy atom. The van der Waals surface area contributed by atoms with Gasteiger partial charge in [0.25, 0.3) is 5.56 Å². The van der Waals surface area contributed by atoms with E-state index in [4.69, 9.17) is 11.6 Å². The molecule has 0 saturated carbocycles. The summed E-state index contributed by atoms with van der Waals surface area (Å²) in [6.45, 7) is 2.70. The lowest BCUT2D eigenvalue weighted by molar-refractivity contribution is 0.184. The number of rotatable bonds is 3. The number of halogens is 2. The maximum Gasteiger partial charge on any atom is 0.258 e. The number of nitrogens with zero attached hydrogens (tertiary/aromatic N) is 2. The van der Waals surface area contributed by atoms with Crippen molar-refractivity contribution in [3.8, 4) is 0 Å². The van der Waals surface area contributed by atoms with Crippen LogP contribution >= 0.6 is 24.0 Å². The second-order valence-corrected chi connectivity index (χ2v) is 5.97. The number of fused-ring (bicyclic) bond motifs is 1. The van der Waals surface area contributed by atoms with Crippen LogP contribution in [0.15, 0.2) is 23.0 Å². The molecular formula is C15H20Cl2N4O. The average Bonchev–Trinajstić information content (AvgIpc) is 2.48. The molecule has 1 unspecified atom stereocenters. The van der Waals surface area contributed by atoms with Crippen LogP contribution < -0.4 is 10.9 Å². The van der Waals surface area contributed by atoms with Gasteiger partial charge in [0.1, 0.15) is 5.82 Å². The molecule has 0 amide bonds. The lowest BCUT2D eigenvalue weighted by Gasteiger charge is -2.32. The summed E-state index contributed by atoms with van der Waals surface area (Å²) in [6, 6.07) is 5.73. The third-order valence-corrected chi connectivity index (χ3v) is 4.24. The molecule has 5 nitrogen and oxygen atoms in total. The Labute approximate surface area is 140 Å². The Morgan fingerprint density at radius 3 is 3.09 bits per heavy atom. The van der Waals surface area contributed by atoms with E-state index < -0.39 is 0 Å². The molecule has 2 heterocycles. The van der Waals surface area contributed by atoms with Crippen molar-refractivity contribution in [3.63, 3.8) is 0 Å². The number of piperidine rings is 1. The van der Waals surface area contributed by atoms with E-state index in [1.165, 1.54) is 12.8 Å². The highest BCUT2D eigenvalue weighted by Crippen LogP contribution is 2.16. The van der Waals surface area contributed by atoms with Crippen molar-refractivity contribution in [2.75, 3.05) is 20.1 Å². The van der Waals surface area contributed by atoms with Crippen molar-refractivity contribution in [1.29, 1.82) is 0 Å². The summed E-state index contributed by atoms with van der Waals surface area (Å²) < 4.78 is 0. The summed E-state index contributed by atoms with van der Waals surface area (Å²) in [7, 11) is 1.99. The molecule has 2 aromatic rings. The first kappa shape index (κ1) is 17.2. The minimum Gasteiger partial charge on any atom is -0.316 e. The van der Waals surface area contributed by atoms with Crippen LogP contribution in [0.3, 0.4) is 0 Å². The van der Waals surface area contributed by atoms with Gasteiger partial charge in [0.15, 0.2) is 0 Å². The van der Waals surface area contributed by atoms with Crippen molar-refractivity contribution >= 4 is 34.9 Å². The summed E-state index contributed by atoms with van der Waals surface area (Å²) in [5.74, 6) is 0.714. The molecule has 1 saturated heterocycles. The molecule has 1 aliphatic rings. The van der Waals surface area contributed by atoms with Crippen LogP contribution in [0, 0.1) is 0 Å². The maximum atomic E-state index is 12.1. The lowest BCUT2D eigenvalue weighted by Crippen LogP contribution is -2.44. The average molecular weight is 343 g/mol. The van der Waals surface area contributed by atoms with Gasteiger partial charge in [-0.2, -0.15) is 0 Å². The smallest absolute Gasteiger partial charge is 0.258 e. The molecule has 0 bridgehead atoms. The molecule has 0 aliphatic carbocycles. The number of hydrogen-bond donors (Lipinski definition) is 2. The number of nitrogens with one attached hydrogen (secondary N) is 2. The molecule has 1 aliphatic heterocycles. The zero-order valence-electron chi connectivity index (χ0n) is 12.4. The number of aromatic nitrogens is 2. The molecule has 1 atom stereocenters. The zero-order valence-corrected chi connectivity index (χ0v) is 14.0. The van der Waals surface area contributed by atoms with E-state index in [0.29, 0.717) is 34.3 Å². The van der Waals surface area contributed by atoms with Crippen molar-refractivity contribution in [1.82, 2.24) is 20.2 Å². The Hall–Kier alpha value is -1.14. The van der Waals surface area contributed by atoms with Gasteiger partial charge in [0.2, 0.25) is 0 Å². The summed E-state index contributed by atoms with van der Waals surface area (Å²) in [6.07, 6.45) is 2.37. The van der Waals surface area contributed by atoms with E-state index in [9.17, 15) is 4.79 Å². The molecule has 120 valence electrons. The molecule has 3 rings (SSSR count). The fraction of sp³-hybridized carbons (Fsp3) is 0.467. The molecule has 0 spiro atoms. The van der Waals surface area contributed by atoms with Crippen LogP contribution in [0.2, 0.25) is 5.02 Å². The second-order valence-electron chi connectivity index (χ2n) is 5.54. The number of benzene rings is 1. The van der Waals surface area contributed by atoms with Gasteiger partial charge in [-0.3, -0.25) is 9.69 Å². The largest absolute Gasteiger partial charge is 0.316 e. The second kappa shape index (κ2) is 7.42. The van der Waals surface area contributed by atoms with Gasteiger partial charge in [-0.1, -0.05) is 11.6 Å². The first-order valence-corrected chi connectivity index (χ1v) is 7.61. The number of likely N-dealkylation sites (N-methyl/N-ethyl adjacent to an activating group) is 1. The van der Waals surface area contributed by atoms with Crippen molar-refractivity contribution in [3.05, 3.63) is 39.4 Å². The van der Waals surface area contributed by atoms with Crippen LogP contribution in [0.1, 0.15) is 18.7 Å². The van der Waals surface area contributed by atoms with Gasteiger partial charge in [0, 0.05) is 17.6 Å². The van der Waals surface area contributed by atoms with Crippen LogP contribution in [-0.4, -0.2) is 41.0 Å². The Morgan fingerprint density at radius 2 is 2.32 bits per heavy atom. The number of likely N-dealkylation sites (tertiary alicyclic amines) is 1. The minimum absolute atomic E-state index is 0. The molecule has 0 radical (unpaired) electrons. The highest BCUT2D eigenvalue weighted by atomic mass is 35.5. The van der Waals surface area contributed by atoms with Gasteiger partial charge >= 0.3 is 0 Å². The van der Waals surface area contributed by atoms with Crippen LogP contribution in [-0.2, 0) is 6.54 Å². The van der Waals surface area contributed by atoms with E-state index in [1.54, 1.807) is 18.2 Å². The Balaban J connectivity index is 0.00000176. The minimum atomic E-state index is -0.125. The SMILES string of the molecule is CNC1CCCN(Cc2nc3ccc(Cl)cc3c(=O)[nH]2)C1.Cl. The number of aromatic amines is 1. The molecule has 1 fully saturated rings. The van der Waals surface area contributed by atoms with Gasteiger partial charge in [-0.05, 0) is 44.6 Å². The van der Waals surface area contributed by atoms with Gasteiger partial charge in [-0.15, -0.1) is 12.4 Å². The molecule has 22 heavy (non-hydrogen) atoms. The fourth-order valence-corrected chi connectivity index (χ4v) is 3.05. The van der Waals surface area contributed by atoms with Crippen molar-refractivity contribution in [2.45, 2.75) is 25.4 Å². The molecule has 1 aromatic carbocycles. The summed E-state index contributed by atoms with van der Waals surface area (Å²) >= 11 is 5.92. The van der Waals surface area contributed by atoms with Crippen LogP contribution in [0.4, 0.5) is 0 Å². The number of hydrogen-bond acceptors (Lipinski definition) is 4. The highest BCUT2D eigenvalue weighted by molar-refractivity contribution is 6.31. The maximum absolute atomic E-state index is 12.1. The zero-order chi connectivity index (χ0) is 14.8. The van der Waals surface area contributed by atoms with Crippen LogP contribution in [0.5, 0.6) is 0 Å². The summed E-state index contributed by atoms with van der Waals surface area (Å²) in [5, 5.41) is 4.41. The van der Waals surface area contributed by atoms with Crippen molar-refractivity contribution in [2.24, 2.45) is 0 Å². The Bertz CT molecular complexity index is 703. The predicted molar refractivity (Wildman–Crippen MR) is 92.0 cm³/mol. The highest BCUT2D eigenvalue weighted by Gasteiger charge is 2.19. The first-order valence-electron chi connectivity index (χ1n) is 7.24. The van der Waals surface area contributed by atoms with E-state index in [-0.39, 0.29) is 18.0 Å². The van der Waals surface area contributed by atoms with Gasteiger partial charge < -0.3 is 10.3 Å². The van der Waals surface area contributed by atoms with Crippen LogP contribution in [0.25, 0.3) is 10.9 Å². The van der Waals surface area contributed by atoms with E-state index in [2.05, 4.69) is 20.2 Å². The van der Waals surface area contributed by atoms with Gasteiger partial charge in [-0.25, -0.2) is 4.98 Å². The quantitative estimate of drug-likeness (QED) is 0.897. The van der Waals surface area contributed by atoms with Crippen molar-refractivity contribution < 1.29 is 0 Å². The standard InChI is InChI=1S/C15H19ClN4O.ClH/c1-17-11-3-2-6-20(8-11)9-14-18-13-5-4-10(16)7-12(13)15(21)19-14;/h4-5,7,11,17H,2-3,6,8-9H2,1H3,(H,18,19,21);1H. The van der Waals surface area contributed by atoms with E-state index in [1.807, 2.05) is 7.05 Å². The molecule has 1 aromatic heterocycles. The third-order valence-electron chi connectivity index (χ3n) is 4.00. The monoisotopic (exact) mass is 342 g/mol. The lowest BCUT2D eigenvalue weighted by atomic mass is 10.1.